The number of non-ortho nitro benzene ring substituents is 1. The van der Waals surface area contributed by atoms with Crippen LogP contribution in [0.2, 0.25) is 0 Å². The molecule has 7 nitrogen and oxygen atoms in total. The normalized spacial score (nSPS) is 11.7. The molecule has 0 aliphatic rings. The summed E-state index contributed by atoms with van der Waals surface area (Å²) < 4.78 is 5.17. The number of amides is 1. The van der Waals surface area contributed by atoms with E-state index in [4.69, 9.17) is 4.74 Å². The molecule has 0 aliphatic carbocycles. The molecule has 0 heterocycles. The first-order chi connectivity index (χ1) is 12.7. The summed E-state index contributed by atoms with van der Waals surface area (Å²) in [6.45, 7) is 7.39. The monoisotopic (exact) mass is 370 g/mol. The molecule has 0 aromatic heterocycles. The van der Waals surface area contributed by atoms with Crippen LogP contribution in [0, 0.1) is 17.0 Å². The number of rotatable bonds is 6. The van der Waals surface area contributed by atoms with Crippen LogP contribution in [0.25, 0.3) is 0 Å². The van der Waals surface area contributed by atoms with Gasteiger partial charge in [0.2, 0.25) is 0 Å². The molecule has 0 radical (unpaired) electrons. The van der Waals surface area contributed by atoms with E-state index in [9.17, 15) is 19.7 Å². The Balaban J connectivity index is 2.12. The van der Waals surface area contributed by atoms with E-state index < -0.39 is 22.9 Å². The molecule has 0 bridgehead atoms. The van der Waals surface area contributed by atoms with Crippen LogP contribution >= 0.6 is 0 Å². The third-order valence-electron chi connectivity index (χ3n) is 4.12. The highest BCUT2D eigenvalue weighted by molar-refractivity contribution is 5.98. The Morgan fingerprint density at radius 3 is 2.41 bits per heavy atom. The summed E-state index contributed by atoms with van der Waals surface area (Å²) in [4.78, 5) is 34.9. The quantitative estimate of drug-likeness (QED) is 0.466. The highest BCUT2D eigenvalue weighted by Gasteiger charge is 2.22. The summed E-state index contributed by atoms with van der Waals surface area (Å²) in [6.07, 6.45) is -1.06. The number of ether oxygens (including phenoxy) is 1. The number of aryl methyl sites for hydroxylation is 1. The van der Waals surface area contributed by atoms with E-state index >= 15 is 0 Å². The number of nitro benzene ring substituents is 1. The Morgan fingerprint density at radius 2 is 1.78 bits per heavy atom. The summed E-state index contributed by atoms with van der Waals surface area (Å²) >= 11 is 0. The number of benzene rings is 2. The molecule has 0 fully saturated rings. The second-order valence-corrected chi connectivity index (χ2v) is 6.54. The van der Waals surface area contributed by atoms with Crippen LogP contribution in [0.4, 0.5) is 11.4 Å². The fourth-order valence-electron chi connectivity index (χ4n) is 2.60. The van der Waals surface area contributed by atoms with Crippen LogP contribution in [-0.2, 0) is 9.53 Å². The van der Waals surface area contributed by atoms with Gasteiger partial charge >= 0.3 is 5.97 Å². The summed E-state index contributed by atoms with van der Waals surface area (Å²) in [6, 6.07) is 10.9. The molecule has 142 valence electrons. The zero-order valence-electron chi connectivity index (χ0n) is 15.7. The van der Waals surface area contributed by atoms with Crippen LogP contribution in [0.3, 0.4) is 0 Å². The Hall–Kier alpha value is -3.22. The zero-order chi connectivity index (χ0) is 20.1. The number of nitrogens with zero attached hydrogens (tertiary/aromatic N) is 1. The molecule has 27 heavy (non-hydrogen) atoms. The van der Waals surface area contributed by atoms with Gasteiger partial charge in [-0.15, -0.1) is 0 Å². The molecule has 0 saturated carbocycles. The summed E-state index contributed by atoms with van der Waals surface area (Å²) in [5, 5.41) is 13.6. The maximum atomic E-state index is 12.5. The van der Waals surface area contributed by atoms with Crippen molar-refractivity contribution in [3.05, 3.63) is 69.3 Å². The summed E-state index contributed by atoms with van der Waals surface area (Å²) in [5.41, 5.74) is 2.40. The van der Waals surface area contributed by atoms with Crippen molar-refractivity contribution in [1.29, 1.82) is 0 Å². The number of hydrogen-bond acceptors (Lipinski definition) is 5. The predicted molar refractivity (Wildman–Crippen MR) is 102 cm³/mol. The topological polar surface area (TPSA) is 98.5 Å². The molecular formula is C20H22N2O5. The molecule has 0 saturated heterocycles. The van der Waals surface area contributed by atoms with Crippen LogP contribution in [0.5, 0.6) is 0 Å². The van der Waals surface area contributed by atoms with E-state index in [1.807, 2.05) is 39.0 Å². The minimum atomic E-state index is -1.06. The minimum absolute atomic E-state index is 0.0163. The standard InChI is InChI=1S/C20H22N2O5/c1-12(2)17-10-5-7-13(3)18(17)21-19(23)14(4)27-20(24)15-8-6-9-16(11-15)22(25)26/h5-12,14H,1-4H3,(H,21,23)/t14-/m1/s1. The van der Waals surface area contributed by atoms with Crippen molar-refractivity contribution in [2.24, 2.45) is 0 Å². The largest absolute Gasteiger partial charge is 0.449 e. The van der Waals surface area contributed by atoms with Gasteiger partial charge in [-0.2, -0.15) is 0 Å². The summed E-state index contributed by atoms with van der Waals surface area (Å²) in [7, 11) is 0. The van der Waals surface area contributed by atoms with Crippen molar-refractivity contribution in [2.75, 3.05) is 5.32 Å². The van der Waals surface area contributed by atoms with E-state index in [-0.39, 0.29) is 17.2 Å². The molecule has 1 amide bonds. The van der Waals surface area contributed by atoms with Gasteiger partial charge in [0, 0.05) is 17.8 Å². The van der Waals surface area contributed by atoms with Gasteiger partial charge in [0.05, 0.1) is 10.5 Å². The highest BCUT2D eigenvalue weighted by Crippen LogP contribution is 2.27. The van der Waals surface area contributed by atoms with Crippen LogP contribution < -0.4 is 5.32 Å². The molecular weight excluding hydrogens is 348 g/mol. The molecule has 0 spiro atoms. The molecule has 2 aromatic rings. The second-order valence-electron chi connectivity index (χ2n) is 6.54. The lowest BCUT2D eigenvalue weighted by atomic mass is 9.98. The van der Waals surface area contributed by atoms with Crippen molar-refractivity contribution in [1.82, 2.24) is 0 Å². The number of carbonyl (C=O) groups excluding carboxylic acids is 2. The first-order valence-corrected chi connectivity index (χ1v) is 8.56. The Morgan fingerprint density at radius 1 is 1.11 bits per heavy atom. The molecule has 2 aromatic carbocycles. The van der Waals surface area contributed by atoms with E-state index in [1.54, 1.807) is 0 Å². The Bertz CT molecular complexity index is 876. The lowest BCUT2D eigenvalue weighted by Gasteiger charge is -2.19. The van der Waals surface area contributed by atoms with E-state index in [0.29, 0.717) is 5.69 Å². The number of carbonyl (C=O) groups is 2. The second kappa shape index (κ2) is 8.44. The van der Waals surface area contributed by atoms with Gasteiger partial charge in [0.1, 0.15) is 0 Å². The van der Waals surface area contributed by atoms with Gasteiger partial charge in [0.15, 0.2) is 6.10 Å². The maximum absolute atomic E-state index is 12.5. The lowest BCUT2D eigenvalue weighted by Crippen LogP contribution is -2.30. The smallest absolute Gasteiger partial charge is 0.339 e. The third kappa shape index (κ3) is 4.91. The minimum Gasteiger partial charge on any atom is -0.449 e. The Kier molecular flexibility index (Phi) is 6.28. The van der Waals surface area contributed by atoms with E-state index in [0.717, 1.165) is 17.2 Å². The van der Waals surface area contributed by atoms with E-state index in [2.05, 4.69) is 5.32 Å². The molecule has 0 aliphatic heterocycles. The highest BCUT2D eigenvalue weighted by atomic mass is 16.6. The van der Waals surface area contributed by atoms with Gasteiger partial charge in [-0.25, -0.2) is 4.79 Å². The maximum Gasteiger partial charge on any atom is 0.339 e. The van der Waals surface area contributed by atoms with Crippen molar-refractivity contribution in [3.63, 3.8) is 0 Å². The SMILES string of the molecule is Cc1cccc(C(C)C)c1NC(=O)[C@@H](C)OC(=O)c1cccc([N+](=O)[O-])c1. The van der Waals surface area contributed by atoms with Gasteiger partial charge in [0.25, 0.3) is 11.6 Å². The number of para-hydroxylation sites is 1. The average molecular weight is 370 g/mol. The fourth-order valence-corrected chi connectivity index (χ4v) is 2.60. The number of nitrogens with one attached hydrogen (secondary N) is 1. The van der Waals surface area contributed by atoms with Gasteiger partial charge in [-0.05, 0) is 37.0 Å². The number of esters is 1. The van der Waals surface area contributed by atoms with Crippen LogP contribution in [0.1, 0.15) is 48.2 Å². The third-order valence-corrected chi connectivity index (χ3v) is 4.12. The first-order valence-electron chi connectivity index (χ1n) is 8.56. The lowest BCUT2D eigenvalue weighted by molar-refractivity contribution is -0.384. The fraction of sp³-hybridized carbons (Fsp3) is 0.300. The number of hydrogen-bond donors (Lipinski definition) is 1. The average Bonchev–Trinajstić information content (AvgIpc) is 2.62. The predicted octanol–water partition coefficient (Wildman–Crippen LogP) is 4.21. The van der Waals surface area contributed by atoms with Crippen molar-refractivity contribution >= 4 is 23.3 Å². The molecule has 2 rings (SSSR count). The van der Waals surface area contributed by atoms with Crippen LogP contribution in [0.15, 0.2) is 42.5 Å². The van der Waals surface area contributed by atoms with Gasteiger partial charge < -0.3 is 10.1 Å². The van der Waals surface area contributed by atoms with Crippen molar-refractivity contribution in [3.8, 4) is 0 Å². The summed E-state index contributed by atoms with van der Waals surface area (Å²) in [5.74, 6) is -1.05. The number of anilines is 1. The molecule has 7 heteroatoms. The van der Waals surface area contributed by atoms with Crippen LogP contribution in [-0.4, -0.2) is 22.9 Å². The van der Waals surface area contributed by atoms with Crippen molar-refractivity contribution < 1.29 is 19.2 Å². The van der Waals surface area contributed by atoms with Crippen molar-refractivity contribution in [2.45, 2.75) is 39.7 Å². The molecule has 1 N–H and O–H groups in total. The molecule has 1 atom stereocenters. The van der Waals surface area contributed by atoms with Gasteiger partial charge in [-0.1, -0.05) is 38.1 Å². The molecule has 0 unspecified atom stereocenters. The van der Waals surface area contributed by atoms with E-state index in [1.165, 1.54) is 25.1 Å². The number of nitro groups is 1. The van der Waals surface area contributed by atoms with Gasteiger partial charge in [-0.3, -0.25) is 14.9 Å². The first kappa shape index (κ1) is 20.1. The Labute approximate surface area is 157 Å². The zero-order valence-corrected chi connectivity index (χ0v) is 15.7.